The van der Waals surface area contributed by atoms with Crippen LogP contribution in [0.2, 0.25) is 0 Å². The van der Waals surface area contributed by atoms with Crippen LogP contribution in [0.4, 0.5) is 4.39 Å². The summed E-state index contributed by atoms with van der Waals surface area (Å²) in [6.07, 6.45) is 3.62. The molecule has 2 atom stereocenters. The van der Waals surface area contributed by atoms with Gasteiger partial charge in [0.05, 0.1) is 18.8 Å². The van der Waals surface area contributed by atoms with Gasteiger partial charge in [-0.3, -0.25) is 4.68 Å². The summed E-state index contributed by atoms with van der Waals surface area (Å²) < 4.78 is 15.1. The van der Waals surface area contributed by atoms with Crippen molar-refractivity contribution >= 4 is 0 Å². The van der Waals surface area contributed by atoms with Gasteiger partial charge < -0.3 is 10.4 Å². The van der Waals surface area contributed by atoms with Gasteiger partial charge in [0.15, 0.2) is 0 Å². The molecule has 0 aliphatic heterocycles. The number of hydrogen-bond acceptors (Lipinski definition) is 3. The first-order chi connectivity index (χ1) is 9.10. The molecule has 0 saturated carbocycles. The number of aliphatic hydroxyl groups excluding tert-OH is 1. The molecule has 5 heteroatoms. The number of nitrogens with zero attached hydrogens (tertiary/aromatic N) is 2. The molecule has 102 valence electrons. The van der Waals surface area contributed by atoms with E-state index < -0.39 is 0 Å². The van der Waals surface area contributed by atoms with Gasteiger partial charge in [0.2, 0.25) is 0 Å². The van der Waals surface area contributed by atoms with E-state index in [0.717, 1.165) is 11.1 Å². The second-order valence-electron chi connectivity index (χ2n) is 4.69. The number of halogens is 1. The fourth-order valence-corrected chi connectivity index (χ4v) is 2.00. The highest BCUT2D eigenvalue weighted by atomic mass is 19.1. The van der Waals surface area contributed by atoms with Crippen molar-refractivity contribution in [2.75, 3.05) is 6.61 Å². The fourth-order valence-electron chi connectivity index (χ4n) is 2.00. The van der Waals surface area contributed by atoms with Gasteiger partial charge in [0.25, 0.3) is 0 Å². The Morgan fingerprint density at radius 2 is 2.21 bits per heavy atom. The molecule has 2 N–H and O–H groups in total. The van der Waals surface area contributed by atoms with E-state index in [1.807, 2.05) is 26.2 Å². The molecule has 0 bridgehead atoms. The highest BCUT2D eigenvalue weighted by molar-refractivity contribution is 5.29. The maximum absolute atomic E-state index is 13.4. The number of nitrogens with one attached hydrogen (secondary N) is 1. The van der Waals surface area contributed by atoms with Gasteiger partial charge in [-0.25, -0.2) is 4.39 Å². The molecular formula is C14H18FN3O. The number of aliphatic hydroxyl groups is 1. The van der Waals surface area contributed by atoms with E-state index in [-0.39, 0.29) is 24.5 Å². The minimum atomic E-state index is -0.273. The summed E-state index contributed by atoms with van der Waals surface area (Å²) in [6, 6.07) is 6.17. The minimum absolute atomic E-state index is 0.0199. The Labute approximate surface area is 111 Å². The van der Waals surface area contributed by atoms with Gasteiger partial charge in [0, 0.05) is 24.8 Å². The molecule has 0 aliphatic rings. The van der Waals surface area contributed by atoms with Gasteiger partial charge in [-0.2, -0.15) is 5.10 Å². The molecule has 2 unspecified atom stereocenters. The van der Waals surface area contributed by atoms with Crippen LogP contribution in [0.15, 0.2) is 36.7 Å². The third-order valence-electron chi connectivity index (χ3n) is 2.97. The predicted molar refractivity (Wildman–Crippen MR) is 71.1 cm³/mol. The van der Waals surface area contributed by atoms with Crippen molar-refractivity contribution < 1.29 is 9.50 Å². The Kier molecular flexibility index (Phi) is 4.29. The summed E-state index contributed by atoms with van der Waals surface area (Å²) in [5, 5.41) is 16.6. The number of benzene rings is 1. The summed E-state index contributed by atoms with van der Waals surface area (Å²) >= 11 is 0. The minimum Gasteiger partial charge on any atom is -0.395 e. The lowest BCUT2D eigenvalue weighted by molar-refractivity contribution is 0.245. The zero-order valence-corrected chi connectivity index (χ0v) is 11.0. The van der Waals surface area contributed by atoms with Gasteiger partial charge in [0.1, 0.15) is 5.82 Å². The van der Waals surface area contributed by atoms with Crippen LogP contribution < -0.4 is 5.32 Å². The lowest BCUT2D eigenvalue weighted by Gasteiger charge is -2.21. The second-order valence-corrected chi connectivity index (χ2v) is 4.69. The zero-order valence-electron chi connectivity index (χ0n) is 11.0. The van der Waals surface area contributed by atoms with E-state index in [4.69, 9.17) is 0 Å². The van der Waals surface area contributed by atoms with E-state index in [2.05, 4.69) is 10.4 Å². The number of hydrogen-bond donors (Lipinski definition) is 2. The van der Waals surface area contributed by atoms with E-state index in [0.29, 0.717) is 0 Å². The molecule has 1 heterocycles. The molecule has 0 amide bonds. The van der Waals surface area contributed by atoms with Crippen molar-refractivity contribution in [3.8, 4) is 0 Å². The first-order valence-corrected chi connectivity index (χ1v) is 6.21. The Morgan fingerprint density at radius 3 is 2.79 bits per heavy atom. The van der Waals surface area contributed by atoms with Gasteiger partial charge in [-0.05, 0) is 24.6 Å². The molecule has 0 radical (unpaired) electrons. The summed E-state index contributed by atoms with van der Waals surface area (Å²) in [7, 11) is 1.83. The Balaban J connectivity index is 2.33. The molecule has 0 spiro atoms. The fraction of sp³-hybridized carbons (Fsp3) is 0.357. The van der Waals surface area contributed by atoms with Crippen molar-refractivity contribution in [1.29, 1.82) is 0 Å². The van der Waals surface area contributed by atoms with Crippen molar-refractivity contribution in [3.05, 3.63) is 53.6 Å². The predicted octanol–water partition coefficient (Wildman–Crippen LogP) is 1.62. The van der Waals surface area contributed by atoms with Crippen molar-refractivity contribution in [2.24, 2.45) is 7.05 Å². The average Bonchev–Trinajstić information content (AvgIpc) is 2.82. The Hall–Kier alpha value is -1.72. The van der Waals surface area contributed by atoms with Gasteiger partial charge in [-0.1, -0.05) is 12.1 Å². The SMILES string of the molecule is CC(CO)NC(c1cccc(F)c1)c1cnn(C)c1. The van der Waals surface area contributed by atoms with Crippen LogP contribution in [0.5, 0.6) is 0 Å². The topological polar surface area (TPSA) is 50.1 Å². The van der Waals surface area contributed by atoms with Crippen LogP contribution in [0.25, 0.3) is 0 Å². The van der Waals surface area contributed by atoms with Crippen LogP contribution in [-0.2, 0) is 7.05 Å². The first-order valence-electron chi connectivity index (χ1n) is 6.21. The maximum atomic E-state index is 13.4. The molecular weight excluding hydrogens is 245 g/mol. The second kappa shape index (κ2) is 5.95. The third kappa shape index (κ3) is 3.39. The number of aryl methyl sites for hydroxylation is 1. The largest absolute Gasteiger partial charge is 0.395 e. The first kappa shape index (κ1) is 13.7. The molecule has 0 saturated heterocycles. The molecule has 1 aromatic carbocycles. The Bertz CT molecular complexity index is 541. The molecule has 0 fully saturated rings. The molecule has 0 aliphatic carbocycles. The normalized spacial score (nSPS) is 14.3. The van der Waals surface area contributed by atoms with Crippen LogP contribution >= 0.6 is 0 Å². The monoisotopic (exact) mass is 263 g/mol. The smallest absolute Gasteiger partial charge is 0.123 e. The van der Waals surface area contributed by atoms with Crippen molar-refractivity contribution in [3.63, 3.8) is 0 Å². The van der Waals surface area contributed by atoms with E-state index in [9.17, 15) is 9.50 Å². The number of rotatable bonds is 5. The summed E-state index contributed by atoms with van der Waals surface area (Å²) in [4.78, 5) is 0. The third-order valence-corrected chi connectivity index (χ3v) is 2.97. The summed E-state index contributed by atoms with van der Waals surface area (Å²) in [5.74, 6) is -0.273. The van der Waals surface area contributed by atoms with Crippen LogP contribution in [0, 0.1) is 5.82 Å². The van der Waals surface area contributed by atoms with Gasteiger partial charge in [-0.15, -0.1) is 0 Å². The standard InChI is InChI=1S/C14H18FN3O/c1-10(9-19)17-14(12-7-16-18(2)8-12)11-4-3-5-13(15)6-11/h3-8,10,14,17,19H,9H2,1-2H3. The van der Waals surface area contributed by atoms with Gasteiger partial charge >= 0.3 is 0 Å². The van der Waals surface area contributed by atoms with E-state index in [1.54, 1.807) is 16.9 Å². The van der Waals surface area contributed by atoms with E-state index >= 15 is 0 Å². The summed E-state index contributed by atoms with van der Waals surface area (Å²) in [6.45, 7) is 1.90. The van der Waals surface area contributed by atoms with Crippen LogP contribution in [-0.4, -0.2) is 27.5 Å². The molecule has 4 nitrogen and oxygen atoms in total. The van der Waals surface area contributed by atoms with Crippen LogP contribution in [0.1, 0.15) is 24.1 Å². The molecule has 2 rings (SSSR count). The number of aromatic nitrogens is 2. The van der Waals surface area contributed by atoms with Crippen LogP contribution in [0.3, 0.4) is 0 Å². The lowest BCUT2D eigenvalue weighted by atomic mass is 10.0. The Morgan fingerprint density at radius 1 is 1.42 bits per heavy atom. The zero-order chi connectivity index (χ0) is 13.8. The molecule has 1 aromatic heterocycles. The quantitative estimate of drug-likeness (QED) is 0.862. The maximum Gasteiger partial charge on any atom is 0.123 e. The molecule has 19 heavy (non-hydrogen) atoms. The van der Waals surface area contributed by atoms with Crippen molar-refractivity contribution in [2.45, 2.75) is 19.0 Å². The van der Waals surface area contributed by atoms with Crippen molar-refractivity contribution in [1.82, 2.24) is 15.1 Å². The van der Waals surface area contributed by atoms with E-state index in [1.165, 1.54) is 12.1 Å². The highest BCUT2D eigenvalue weighted by Gasteiger charge is 2.18. The highest BCUT2D eigenvalue weighted by Crippen LogP contribution is 2.22. The average molecular weight is 263 g/mol. The lowest BCUT2D eigenvalue weighted by Crippen LogP contribution is -2.33. The molecule has 2 aromatic rings. The summed E-state index contributed by atoms with van der Waals surface area (Å²) in [5.41, 5.74) is 1.75.